The van der Waals surface area contributed by atoms with E-state index in [4.69, 9.17) is 3.07 Å². The molecule has 0 amide bonds. The molecular weight excluding hydrogens is 375 g/mol. The molecule has 0 saturated carbocycles. The average Bonchev–Trinajstić information content (AvgIpc) is 2.54. The number of hydrogen-bond donors (Lipinski definition) is 0. The van der Waals surface area contributed by atoms with E-state index < -0.39 is 20.2 Å². The van der Waals surface area contributed by atoms with E-state index in [1.807, 2.05) is 0 Å². The van der Waals surface area contributed by atoms with E-state index in [1.165, 1.54) is 98.8 Å². The third-order valence-electron chi connectivity index (χ3n) is 4.42. The second-order valence-electron chi connectivity index (χ2n) is 6.78. The van der Waals surface area contributed by atoms with E-state index in [9.17, 15) is 0 Å². The van der Waals surface area contributed by atoms with Crippen LogP contribution in [0.1, 0.15) is 111 Å². The van der Waals surface area contributed by atoms with Gasteiger partial charge in [-0.3, -0.25) is 0 Å². The summed E-state index contributed by atoms with van der Waals surface area (Å²) in [7, 11) is 0. The molecule has 0 aromatic heterocycles. The van der Waals surface area contributed by atoms with Crippen molar-refractivity contribution in [2.45, 2.75) is 120 Å². The van der Waals surface area contributed by atoms with Gasteiger partial charge in [-0.05, 0) is 0 Å². The zero-order valence-electron chi connectivity index (χ0n) is 15.9. The van der Waals surface area contributed by atoms with E-state index in [1.54, 1.807) is 0 Å². The zero-order valence-corrected chi connectivity index (χ0v) is 18.8. The summed E-state index contributed by atoms with van der Waals surface area (Å²) in [6.07, 6.45) is 19.7. The van der Waals surface area contributed by atoms with Crippen LogP contribution in [0.2, 0.25) is 8.87 Å². The molecule has 0 atom stereocenters. The van der Waals surface area contributed by atoms with Gasteiger partial charge in [0.1, 0.15) is 0 Å². The molecule has 0 bridgehead atoms. The van der Waals surface area contributed by atoms with Gasteiger partial charge in [0.15, 0.2) is 0 Å². The summed E-state index contributed by atoms with van der Waals surface area (Å²) in [5.41, 5.74) is 0. The van der Waals surface area contributed by atoms with Crippen LogP contribution in [0.25, 0.3) is 0 Å². The fourth-order valence-electron chi connectivity index (χ4n) is 2.82. The second kappa shape index (κ2) is 19.8. The molecule has 0 aromatic rings. The first-order valence-electron chi connectivity index (χ1n) is 10.3. The van der Waals surface area contributed by atoms with Gasteiger partial charge in [0.2, 0.25) is 0 Å². The molecule has 0 heterocycles. The van der Waals surface area contributed by atoms with Crippen molar-refractivity contribution in [2.75, 3.05) is 6.61 Å². The molecule has 0 unspecified atom stereocenters. The minimum absolute atomic E-state index is 1.08. The molecule has 1 nitrogen and oxygen atoms in total. The summed E-state index contributed by atoms with van der Waals surface area (Å²) in [5, 5.41) is 0. The van der Waals surface area contributed by atoms with Crippen LogP contribution in [-0.4, -0.2) is 26.8 Å². The van der Waals surface area contributed by atoms with Crippen LogP contribution in [-0.2, 0) is 3.07 Å². The molecule has 0 saturated heterocycles. The quantitative estimate of drug-likeness (QED) is 0.165. The standard InChI is InChI=1S/C12H25O.2C4H9.Sn/c1-2-3-4-5-6-7-8-9-10-11-12-13;2*1-3-4-2;/h2-12H2,1H3;2*1,3-4H2,2H3;/q-1;;;+1. The summed E-state index contributed by atoms with van der Waals surface area (Å²) in [4.78, 5) is 0. The van der Waals surface area contributed by atoms with Gasteiger partial charge in [0.05, 0.1) is 0 Å². The van der Waals surface area contributed by atoms with Crippen LogP contribution in [0.4, 0.5) is 0 Å². The summed E-state index contributed by atoms with van der Waals surface area (Å²) in [5.74, 6) is 0. The summed E-state index contributed by atoms with van der Waals surface area (Å²) >= 11 is -1.43. The molecule has 0 rings (SSSR count). The summed E-state index contributed by atoms with van der Waals surface area (Å²) in [6.45, 7) is 7.99. The van der Waals surface area contributed by atoms with Crippen LogP contribution in [0, 0.1) is 0 Å². The van der Waals surface area contributed by atoms with Gasteiger partial charge in [-0.25, -0.2) is 0 Å². The Morgan fingerprint density at radius 1 is 0.500 bits per heavy atom. The van der Waals surface area contributed by atoms with Crippen LogP contribution in [0.5, 0.6) is 0 Å². The predicted molar refractivity (Wildman–Crippen MR) is 103 cm³/mol. The molecule has 0 N–H and O–H groups in total. The van der Waals surface area contributed by atoms with E-state index in [0.717, 1.165) is 6.61 Å². The Morgan fingerprint density at radius 3 is 1.36 bits per heavy atom. The molecule has 22 heavy (non-hydrogen) atoms. The first kappa shape index (κ1) is 22.8. The molecule has 0 aliphatic carbocycles. The fraction of sp³-hybridized carbons (Fsp3) is 1.00. The van der Waals surface area contributed by atoms with Crippen molar-refractivity contribution in [1.82, 2.24) is 0 Å². The van der Waals surface area contributed by atoms with Gasteiger partial charge in [-0.1, -0.05) is 6.92 Å². The molecule has 0 spiro atoms. The molecular formula is C20H43OSn. The molecule has 0 fully saturated rings. The maximum absolute atomic E-state index is 6.31. The van der Waals surface area contributed by atoms with Crippen molar-refractivity contribution in [3.63, 3.8) is 0 Å². The van der Waals surface area contributed by atoms with Crippen LogP contribution >= 0.6 is 0 Å². The zero-order chi connectivity index (χ0) is 16.3. The Balaban J connectivity index is 3.33. The summed E-state index contributed by atoms with van der Waals surface area (Å²) < 4.78 is 9.25. The Kier molecular flexibility index (Phi) is 20.5. The van der Waals surface area contributed by atoms with Gasteiger partial charge in [0, 0.05) is 0 Å². The monoisotopic (exact) mass is 419 g/mol. The first-order valence-corrected chi connectivity index (χ1v) is 15.5. The fourth-order valence-corrected chi connectivity index (χ4v) is 9.87. The third-order valence-corrected chi connectivity index (χ3v) is 11.4. The third kappa shape index (κ3) is 17.1. The van der Waals surface area contributed by atoms with E-state index in [2.05, 4.69) is 20.8 Å². The number of unbranched alkanes of at least 4 members (excludes halogenated alkanes) is 11. The Morgan fingerprint density at radius 2 is 0.909 bits per heavy atom. The Labute approximate surface area is 149 Å². The Hall–Kier alpha value is 0.759. The van der Waals surface area contributed by atoms with Crippen LogP contribution < -0.4 is 0 Å². The molecule has 133 valence electrons. The SMILES string of the molecule is CCCCCCCCCCCC[O][Sn]([CH2]CCC)[CH2]CCC. The first-order chi connectivity index (χ1) is 10.8. The van der Waals surface area contributed by atoms with Crippen LogP contribution in [0.3, 0.4) is 0 Å². The van der Waals surface area contributed by atoms with E-state index in [0.29, 0.717) is 0 Å². The van der Waals surface area contributed by atoms with Gasteiger partial charge >= 0.3 is 142 Å². The van der Waals surface area contributed by atoms with Crippen molar-refractivity contribution >= 4 is 20.2 Å². The van der Waals surface area contributed by atoms with Gasteiger partial charge < -0.3 is 0 Å². The van der Waals surface area contributed by atoms with E-state index >= 15 is 0 Å². The second-order valence-corrected chi connectivity index (χ2v) is 13.5. The number of rotatable bonds is 18. The Bertz CT molecular complexity index is 188. The molecule has 0 aliphatic heterocycles. The molecule has 2 heteroatoms. The normalized spacial score (nSPS) is 11.5. The predicted octanol–water partition coefficient (Wildman–Crippen LogP) is 7.52. The van der Waals surface area contributed by atoms with Crippen molar-refractivity contribution in [3.8, 4) is 0 Å². The molecule has 0 aliphatic rings. The maximum atomic E-state index is 6.31. The van der Waals surface area contributed by atoms with Gasteiger partial charge in [-0.2, -0.15) is 0 Å². The minimum atomic E-state index is -1.43. The van der Waals surface area contributed by atoms with Crippen molar-refractivity contribution < 1.29 is 3.07 Å². The van der Waals surface area contributed by atoms with E-state index in [-0.39, 0.29) is 0 Å². The van der Waals surface area contributed by atoms with Crippen LogP contribution in [0.15, 0.2) is 0 Å². The molecule has 0 aromatic carbocycles. The summed E-state index contributed by atoms with van der Waals surface area (Å²) in [6, 6.07) is 0. The van der Waals surface area contributed by atoms with Gasteiger partial charge in [0.25, 0.3) is 0 Å². The number of hydrogen-bond acceptors (Lipinski definition) is 1. The topological polar surface area (TPSA) is 9.23 Å². The van der Waals surface area contributed by atoms with Gasteiger partial charge in [-0.15, -0.1) is 0 Å². The van der Waals surface area contributed by atoms with Crippen molar-refractivity contribution in [2.24, 2.45) is 0 Å². The van der Waals surface area contributed by atoms with Crippen molar-refractivity contribution in [3.05, 3.63) is 0 Å². The average molecular weight is 418 g/mol. The van der Waals surface area contributed by atoms with Crippen molar-refractivity contribution in [1.29, 1.82) is 0 Å². The molecule has 1 radical (unpaired) electrons.